The molecule has 0 aliphatic rings. The molecule has 1 aromatic carbocycles. The standard InChI is InChI=1S/C17H29N3O2S.HI/c1-7-18-16(20-12-17(2,3)23-6)19-11-13-8-9-14(21-4)10-15(13)22-5;/h8-10H,7,11-12H2,1-6H3,(H2,18,19,20);1H. The number of nitrogens with zero attached hydrogens (tertiary/aromatic N) is 1. The van der Waals surface area contributed by atoms with Crippen LogP contribution in [-0.4, -0.2) is 44.3 Å². The molecule has 0 aliphatic heterocycles. The Labute approximate surface area is 167 Å². The maximum atomic E-state index is 5.42. The van der Waals surface area contributed by atoms with Crippen LogP contribution in [0.4, 0.5) is 0 Å². The monoisotopic (exact) mass is 467 g/mol. The molecular formula is C17H30IN3O2S. The average molecular weight is 467 g/mol. The van der Waals surface area contributed by atoms with Gasteiger partial charge in [-0.1, -0.05) is 0 Å². The van der Waals surface area contributed by atoms with Crippen molar-refractivity contribution < 1.29 is 9.47 Å². The Morgan fingerprint density at radius 1 is 1.21 bits per heavy atom. The van der Waals surface area contributed by atoms with Gasteiger partial charge in [0.15, 0.2) is 5.96 Å². The number of nitrogens with one attached hydrogen (secondary N) is 2. The van der Waals surface area contributed by atoms with Gasteiger partial charge in [0.25, 0.3) is 0 Å². The Balaban J connectivity index is 0.00000529. The van der Waals surface area contributed by atoms with Gasteiger partial charge in [-0.25, -0.2) is 4.99 Å². The molecule has 0 aliphatic carbocycles. The largest absolute Gasteiger partial charge is 0.497 e. The van der Waals surface area contributed by atoms with Crippen molar-refractivity contribution in [2.45, 2.75) is 32.1 Å². The molecule has 138 valence electrons. The summed E-state index contributed by atoms with van der Waals surface area (Å²) in [7, 11) is 3.31. The molecule has 1 rings (SSSR count). The topological polar surface area (TPSA) is 54.9 Å². The van der Waals surface area contributed by atoms with Gasteiger partial charge in [-0.15, -0.1) is 24.0 Å². The van der Waals surface area contributed by atoms with Gasteiger partial charge < -0.3 is 20.1 Å². The maximum absolute atomic E-state index is 5.42. The average Bonchev–Trinajstić information content (AvgIpc) is 2.57. The number of hydrogen-bond acceptors (Lipinski definition) is 4. The second-order valence-corrected chi connectivity index (χ2v) is 7.20. The van der Waals surface area contributed by atoms with Crippen molar-refractivity contribution in [2.24, 2.45) is 4.99 Å². The first-order chi connectivity index (χ1) is 11.0. The molecule has 0 spiro atoms. The molecule has 0 saturated heterocycles. The third-order valence-electron chi connectivity index (χ3n) is 3.48. The lowest BCUT2D eigenvalue weighted by Crippen LogP contribution is -2.43. The quantitative estimate of drug-likeness (QED) is 0.348. The number of ether oxygens (including phenoxy) is 2. The molecule has 0 bridgehead atoms. The zero-order valence-electron chi connectivity index (χ0n) is 15.4. The van der Waals surface area contributed by atoms with E-state index in [1.54, 1.807) is 14.2 Å². The number of halogens is 1. The fraction of sp³-hybridized carbons (Fsp3) is 0.588. The summed E-state index contributed by atoms with van der Waals surface area (Å²) in [4.78, 5) is 4.65. The fourth-order valence-electron chi connectivity index (χ4n) is 1.86. The molecule has 0 amide bonds. The van der Waals surface area contributed by atoms with Crippen LogP contribution in [0.2, 0.25) is 0 Å². The lowest BCUT2D eigenvalue weighted by molar-refractivity contribution is 0.391. The summed E-state index contributed by atoms with van der Waals surface area (Å²) in [5.74, 6) is 2.38. The van der Waals surface area contributed by atoms with Crippen LogP contribution in [0.25, 0.3) is 0 Å². The molecule has 24 heavy (non-hydrogen) atoms. The summed E-state index contributed by atoms with van der Waals surface area (Å²) in [6.07, 6.45) is 2.12. The number of rotatable bonds is 8. The molecule has 5 nitrogen and oxygen atoms in total. The number of thioether (sulfide) groups is 1. The zero-order valence-corrected chi connectivity index (χ0v) is 18.6. The van der Waals surface area contributed by atoms with Gasteiger partial charge in [-0.05, 0) is 39.2 Å². The number of guanidine groups is 1. The lowest BCUT2D eigenvalue weighted by atomic mass is 10.2. The van der Waals surface area contributed by atoms with Crippen molar-refractivity contribution in [3.63, 3.8) is 0 Å². The van der Waals surface area contributed by atoms with E-state index in [-0.39, 0.29) is 28.7 Å². The van der Waals surface area contributed by atoms with E-state index in [1.165, 1.54) is 0 Å². The Hall–Kier alpha value is -0.830. The van der Waals surface area contributed by atoms with Crippen LogP contribution >= 0.6 is 35.7 Å². The van der Waals surface area contributed by atoms with Gasteiger partial charge in [0.1, 0.15) is 11.5 Å². The van der Waals surface area contributed by atoms with Crippen LogP contribution in [0.15, 0.2) is 23.2 Å². The van der Waals surface area contributed by atoms with E-state index in [2.05, 4.69) is 42.7 Å². The third-order valence-corrected chi connectivity index (χ3v) is 4.73. The van der Waals surface area contributed by atoms with Crippen LogP contribution in [0.1, 0.15) is 26.3 Å². The molecule has 1 aromatic rings. The minimum atomic E-state index is 0. The highest BCUT2D eigenvalue weighted by Gasteiger charge is 2.16. The number of hydrogen-bond donors (Lipinski definition) is 2. The normalized spacial score (nSPS) is 11.5. The summed E-state index contributed by atoms with van der Waals surface area (Å²) < 4.78 is 10.8. The summed E-state index contributed by atoms with van der Waals surface area (Å²) in [6, 6.07) is 5.78. The van der Waals surface area contributed by atoms with E-state index >= 15 is 0 Å². The summed E-state index contributed by atoms with van der Waals surface area (Å²) in [5.41, 5.74) is 1.02. The summed E-state index contributed by atoms with van der Waals surface area (Å²) in [5, 5.41) is 6.67. The highest BCUT2D eigenvalue weighted by molar-refractivity contribution is 14.0. The first kappa shape index (κ1) is 23.2. The van der Waals surface area contributed by atoms with Crippen molar-refractivity contribution in [1.82, 2.24) is 10.6 Å². The van der Waals surface area contributed by atoms with Gasteiger partial charge in [0.2, 0.25) is 0 Å². The van der Waals surface area contributed by atoms with E-state index in [0.29, 0.717) is 6.54 Å². The van der Waals surface area contributed by atoms with Crippen LogP contribution < -0.4 is 20.1 Å². The van der Waals surface area contributed by atoms with Crippen molar-refractivity contribution in [3.8, 4) is 11.5 Å². The minimum Gasteiger partial charge on any atom is -0.497 e. The molecule has 0 atom stereocenters. The van der Waals surface area contributed by atoms with Gasteiger partial charge in [0.05, 0.1) is 20.8 Å². The number of methoxy groups -OCH3 is 2. The Kier molecular flexibility index (Phi) is 11.3. The van der Waals surface area contributed by atoms with E-state index in [0.717, 1.165) is 36.1 Å². The number of benzene rings is 1. The Morgan fingerprint density at radius 2 is 1.92 bits per heavy atom. The molecule has 0 unspecified atom stereocenters. The predicted molar refractivity (Wildman–Crippen MR) is 115 cm³/mol. The summed E-state index contributed by atoms with van der Waals surface area (Å²) in [6.45, 7) is 8.69. The molecule has 0 aromatic heterocycles. The van der Waals surface area contributed by atoms with Gasteiger partial charge in [0, 0.05) is 29.5 Å². The summed E-state index contributed by atoms with van der Waals surface area (Å²) >= 11 is 1.83. The maximum Gasteiger partial charge on any atom is 0.191 e. The van der Waals surface area contributed by atoms with Crippen LogP contribution in [0.5, 0.6) is 11.5 Å². The lowest BCUT2D eigenvalue weighted by Gasteiger charge is -2.23. The fourth-order valence-corrected chi connectivity index (χ4v) is 2.07. The zero-order chi connectivity index (χ0) is 17.3. The highest BCUT2D eigenvalue weighted by Crippen LogP contribution is 2.25. The van der Waals surface area contributed by atoms with Crippen molar-refractivity contribution in [2.75, 3.05) is 33.6 Å². The van der Waals surface area contributed by atoms with Gasteiger partial charge in [-0.3, -0.25) is 0 Å². The Bertz CT molecular complexity index is 525. The minimum absolute atomic E-state index is 0. The van der Waals surface area contributed by atoms with Crippen LogP contribution in [-0.2, 0) is 6.54 Å². The van der Waals surface area contributed by atoms with Gasteiger partial charge >= 0.3 is 0 Å². The molecule has 7 heteroatoms. The van der Waals surface area contributed by atoms with E-state index in [9.17, 15) is 0 Å². The van der Waals surface area contributed by atoms with E-state index < -0.39 is 0 Å². The smallest absolute Gasteiger partial charge is 0.191 e. The molecule has 0 saturated carbocycles. The Morgan fingerprint density at radius 3 is 2.46 bits per heavy atom. The predicted octanol–water partition coefficient (Wildman–Crippen LogP) is 3.52. The highest BCUT2D eigenvalue weighted by atomic mass is 127. The molecule has 0 heterocycles. The van der Waals surface area contributed by atoms with Crippen LogP contribution in [0.3, 0.4) is 0 Å². The third kappa shape index (κ3) is 7.83. The second-order valence-electron chi connectivity index (χ2n) is 5.69. The molecular weight excluding hydrogens is 437 g/mol. The van der Waals surface area contributed by atoms with Crippen molar-refractivity contribution >= 4 is 41.7 Å². The molecule has 0 radical (unpaired) electrons. The first-order valence-electron chi connectivity index (χ1n) is 7.74. The van der Waals surface area contributed by atoms with E-state index in [1.807, 2.05) is 30.0 Å². The number of aliphatic imine (C=N–C) groups is 1. The van der Waals surface area contributed by atoms with Crippen LogP contribution in [0, 0.1) is 0 Å². The first-order valence-corrected chi connectivity index (χ1v) is 8.96. The van der Waals surface area contributed by atoms with Gasteiger partial charge in [-0.2, -0.15) is 11.8 Å². The second kappa shape index (κ2) is 11.7. The van der Waals surface area contributed by atoms with Crippen molar-refractivity contribution in [3.05, 3.63) is 23.8 Å². The molecule has 0 fully saturated rings. The SMILES string of the molecule is CCNC(=NCc1ccc(OC)cc1OC)NCC(C)(C)SC.I. The van der Waals surface area contributed by atoms with E-state index in [4.69, 9.17) is 9.47 Å². The molecule has 2 N–H and O–H groups in total. The van der Waals surface area contributed by atoms with Crippen molar-refractivity contribution in [1.29, 1.82) is 0 Å².